The lowest BCUT2D eigenvalue weighted by Gasteiger charge is -2.10. The Bertz CT molecular complexity index is 1190. The first-order valence-corrected chi connectivity index (χ1v) is 10.6. The quantitative estimate of drug-likeness (QED) is 0.547. The molecule has 0 aliphatic heterocycles. The number of halogens is 1. The molecule has 3 aromatic rings. The maximum atomic E-state index is 13.0. The van der Waals surface area contributed by atoms with E-state index in [1.165, 1.54) is 43.5 Å². The van der Waals surface area contributed by atoms with Gasteiger partial charge in [-0.1, -0.05) is 18.2 Å². The Hall–Kier alpha value is -3.72. The van der Waals surface area contributed by atoms with Gasteiger partial charge in [0, 0.05) is 17.8 Å². The van der Waals surface area contributed by atoms with Crippen molar-refractivity contribution >= 4 is 27.6 Å². The summed E-state index contributed by atoms with van der Waals surface area (Å²) in [5, 5.41) is 2.70. The number of methoxy groups -OCH3 is 1. The number of rotatable bonds is 7. The number of amides is 1. The summed E-state index contributed by atoms with van der Waals surface area (Å²) in [7, 11) is -2.67. The molecular formula is C22H19FN2O5S. The van der Waals surface area contributed by atoms with Gasteiger partial charge in [0.2, 0.25) is 0 Å². The molecule has 0 unspecified atom stereocenters. The van der Waals surface area contributed by atoms with Crippen molar-refractivity contribution < 1.29 is 27.1 Å². The summed E-state index contributed by atoms with van der Waals surface area (Å²) in [6.45, 7) is 0.186. The molecule has 0 aromatic heterocycles. The molecule has 0 saturated heterocycles. The Morgan fingerprint density at radius 2 is 1.61 bits per heavy atom. The number of anilines is 1. The van der Waals surface area contributed by atoms with Crippen LogP contribution in [0.5, 0.6) is 0 Å². The molecular weight excluding hydrogens is 423 g/mol. The Morgan fingerprint density at radius 1 is 0.935 bits per heavy atom. The second kappa shape index (κ2) is 9.40. The van der Waals surface area contributed by atoms with Crippen LogP contribution in [0, 0.1) is 5.82 Å². The van der Waals surface area contributed by atoms with Gasteiger partial charge in [-0.2, -0.15) is 0 Å². The van der Waals surface area contributed by atoms with E-state index in [9.17, 15) is 22.4 Å². The predicted molar refractivity (Wildman–Crippen MR) is 113 cm³/mol. The third-order valence-electron chi connectivity index (χ3n) is 4.33. The van der Waals surface area contributed by atoms with Gasteiger partial charge in [0.1, 0.15) is 5.82 Å². The summed E-state index contributed by atoms with van der Waals surface area (Å²) in [5.74, 6) is -1.40. The van der Waals surface area contributed by atoms with Gasteiger partial charge < -0.3 is 10.1 Å². The second-order valence-electron chi connectivity index (χ2n) is 6.51. The van der Waals surface area contributed by atoms with Gasteiger partial charge in [-0.15, -0.1) is 0 Å². The molecule has 0 bridgehead atoms. The van der Waals surface area contributed by atoms with Crippen LogP contribution in [-0.2, 0) is 21.3 Å². The lowest BCUT2D eigenvalue weighted by Crippen LogP contribution is -2.23. The van der Waals surface area contributed by atoms with E-state index in [0.29, 0.717) is 5.56 Å². The molecule has 31 heavy (non-hydrogen) atoms. The minimum Gasteiger partial charge on any atom is -0.465 e. The number of esters is 1. The molecule has 9 heteroatoms. The van der Waals surface area contributed by atoms with Gasteiger partial charge in [-0.25, -0.2) is 17.6 Å². The smallest absolute Gasteiger partial charge is 0.337 e. The molecule has 0 aliphatic rings. The van der Waals surface area contributed by atoms with Crippen LogP contribution >= 0.6 is 0 Å². The monoisotopic (exact) mass is 442 g/mol. The van der Waals surface area contributed by atoms with Crippen molar-refractivity contribution in [1.82, 2.24) is 5.32 Å². The highest BCUT2D eigenvalue weighted by Gasteiger charge is 2.17. The van der Waals surface area contributed by atoms with Crippen LogP contribution in [0.25, 0.3) is 0 Å². The molecule has 2 N–H and O–H groups in total. The molecule has 0 atom stereocenters. The molecule has 1 amide bonds. The average Bonchev–Trinajstić information content (AvgIpc) is 2.78. The van der Waals surface area contributed by atoms with E-state index in [1.807, 2.05) is 0 Å². The molecule has 0 spiro atoms. The third kappa shape index (κ3) is 5.67. The van der Waals surface area contributed by atoms with Crippen molar-refractivity contribution in [3.05, 3.63) is 95.3 Å². The van der Waals surface area contributed by atoms with Crippen molar-refractivity contribution in [1.29, 1.82) is 0 Å². The molecule has 0 fully saturated rings. The average molecular weight is 442 g/mol. The summed E-state index contributed by atoms with van der Waals surface area (Å²) in [6, 6.07) is 17.0. The van der Waals surface area contributed by atoms with E-state index >= 15 is 0 Å². The number of nitrogens with one attached hydrogen (secondary N) is 2. The zero-order chi connectivity index (χ0) is 22.4. The summed E-state index contributed by atoms with van der Waals surface area (Å²) in [5.41, 5.74) is 1.51. The van der Waals surface area contributed by atoms with Crippen molar-refractivity contribution in [3.63, 3.8) is 0 Å². The molecule has 0 saturated carbocycles. The van der Waals surface area contributed by atoms with E-state index in [-0.39, 0.29) is 22.7 Å². The van der Waals surface area contributed by atoms with Gasteiger partial charge in [0.25, 0.3) is 15.9 Å². The van der Waals surface area contributed by atoms with Gasteiger partial charge in [0.15, 0.2) is 0 Å². The van der Waals surface area contributed by atoms with Gasteiger partial charge >= 0.3 is 5.97 Å². The van der Waals surface area contributed by atoms with Gasteiger partial charge in [-0.05, 0) is 60.2 Å². The minimum atomic E-state index is -3.96. The Balaban J connectivity index is 1.68. The van der Waals surface area contributed by atoms with Crippen LogP contribution in [0.2, 0.25) is 0 Å². The van der Waals surface area contributed by atoms with Crippen LogP contribution in [0.15, 0.2) is 77.7 Å². The molecule has 160 valence electrons. The van der Waals surface area contributed by atoms with Crippen molar-refractivity contribution in [2.75, 3.05) is 11.8 Å². The molecule has 0 aliphatic carbocycles. The fourth-order valence-electron chi connectivity index (χ4n) is 2.70. The highest BCUT2D eigenvalue weighted by molar-refractivity contribution is 7.92. The van der Waals surface area contributed by atoms with Crippen molar-refractivity contribution in [2.45, 2.75) is 11.4 Å². The highest BCUT2D eigenvalue weighted by Crippen LogP contribution is 2.18. The summed E-state index contributed by atoms with van der Waals surface area (Å²) in [6.07, 6.45) is 0. The van der Waals surface area contributed by atoms with Crippen LogP contribution in [-0.4, -0.2) is 27.4 Å². The number of hydrogen-bond donors (Lipinski definition) is 2. The molecule has 3 aromatic carbocycles. The van der Waals surface area contributed by atoms with Crippen LogP contribution < -0.4 is 10.0 Å². The zero-order valence-electron chi connectivity index (χ0n) is 16.5. The van der Waals surface area contributed by atoms with E-state index in [2.05, 4.69) is 14.8 Å². The summed E-state index contributed by atoms with van der Waals surface area (Å²) >= 11 is 0. The maximum Gasteiger partial charge on any atom is 0.337 e. The first kappa shape index (κ1) is 22.0. The largest absolute Gasteiger partial charge is 0.465 e. The first-order chi connectivity index (χ1) is 14.8. The second-order valence-corrected chi connectivity index (χ2v) is 8.19. The summed E-state index contributed by atoms with van der Waals surface area (Å²) < 4.78 is 45.1. The number of benzene rings is 3. The number of sulfonamides is 1. The van der Waals surface area contributed by atoms with Gasteiger partial charge in [-0.3, -0.25) is 9.52 Å². The van der Waals surface area contributed by atoms with Gasteiger partial charge in [0.05, 0.1) is 17.6 Å². The summed E-state index contributed by atoms with van der Waals surface area (Å²) in [4.78, 5) is 23.8. The number of carbonyl (C=O) groups excluding carboxylic acids is 2. The van der Waals surface area contributed by atoms with E-state index in [0.717, 1.165) is 17.7 Å². The molecule has 0 radical (unpaired) electrons. The Morgan fingerprint density at radius 3 is 2.26 bits per heavy atom. The predicted octanol–water partition coefficient (Wildman–Crippen LogP) is 3.34. The Labute approximate surface area is 178 Å². The fourth-order valence-corrected chi connectivity index (χ4v) is 3.80. The number of carbonyl (C=O) groups is 2. The van der Waals surface area contributed by atoms with E-state index < -0.39 is 27.7 Å². The van der Waals surface area contributed by atoms with Crippen molar-refractivity contribution in [3.8, 4) is 0 Å². The first-order valence-electron chi connectivity index (χ1n) is 9.12. The molecule has 0 heterocycles. The lowest BCUT2D eigenvalue weighted by molar-refractivity contribution is 0.0600. The van der Waals surface area contributed by atoms with Crippen LogP contribution in [0.4, 0.5) is 10.1 Å². The lowest BCUT2D eigenvalue weighted by atomic mass is 10.1. The highest BCUT2D eigenvalue weighted by atomic mass is 32.2. The van der Waals surface area contributed by atoms with E-state index in [1.54, 1.807) is 24.3 Å². The molecule has 3 rings (SSSR count). The van der Waals surface area contributed by atoms with E-state index in [4.69, 9.17) is 0 Å². The standard InChI is InChI=1S/C22H19FN2O5S/c1-30-22(27)16-7-5-15(6-8-16)14-24-21(26)17-3-2-4-20(13-17)31(28,29)25-19-11-9-18(23)10-12-19/h2-13,25H,14H2,1H3,(H,24,26). The SMILES string of the molecule is COC(=O)c1ccc(CNC(=O)c2cccc(S(=O)(=O)Nc3ccc(F)cc3)c2)cc1. The van der Waals surface area contributed by atoms with Crippen LogP contribution in [0.3, 0.4) is 0 Å². The molecule has 7 nitrogen and oxygen atoms in total. The fraction of sp³-hybridized carbons (Fsp3) is 0.0909. The maximum absolute atomic E-state index is 13.0. The number of hydrogen-bond acceptors (Lipinski definition) is 5. The minimum absolute atomic E-state index is 0.105. The zero-order valence-corrected chi connectivity index (χ0v) is 17.3. The Kier molecular flexibility index (Phi) is 6.66. The van der Waals surface area contributed by atoms with Crippen LogP contribution in [0.1, 0.15) is 26.3 Å². The topological polar surface area (TPSA) is 102 Å². The third-order valence-corrected chi connectivity index (χ3v) is 5.71. The normalized spacial score (nSPS) is 10.9. The van der Waals surface area contributed by atoms with Crippen molar-refractivity contribution in [2.24, 2.45) is 0 Å². The number of ether oxygens (including phenoxy) is 1.